The second-order valence-electron chi connectivity index (χ2n) is 5.27. The van der Waals surface area contributed by atoms with Gasteiger partial charge in [0, 0.05) is 0 Å². The lowest BCUT2D eigenvalue weighted by molar-refractivity contribution is -0.148. The molecule has 1 amide bonds. The van der Waals surface area contributed by atoms with E-state index < -0.39 is 17.4 Å². The number of nitrogens with one attached hydrogen (secondary N) is 1. The van der Waals surface area contributed by atoms with Crippen LogP contribution in [0.3, 0.4) is 0 Å². The lowest BCUT2D eigenvalue weighted by Crippen LogP contribution is -2.46. The molecule has 0 heterocycles. The number of nitriles is 1. The molecule has 0 aliphatic heterocycles. The first kappa shape index (κ1) is 15.0. The molecule has 0 aromatic heterocycles. The SMILES string of the molecule is N#CC1(NC(=O)COC(=O)Cc2ccccc2)CCCC1. The highest BCUT2D eigenvalue weighted by molar-refractivity contribution is 5.82. The summed E-state index contributed by atoms with van der Waals surface area (Å²) in [6.07, 6.45) is 3.32. The van der Waals surface area contributed by atoms with Crippen molar-refractivity contribution in [1.82, 2.24) is 5.32 Å². The van der Waals surface area contributed by atoms with Crippen LogP contribution in [0.1, 0.15) is 31.2 Å². The largest absolute Gasteiger partial charge is 0.455 e. The van der Waals surface area contributed by atoms with E-state index in [1.807, 2.05) is 30.3 Å². The standard InChI is InChI=1S/C16H18N2O3/c17-12-16(8-4-5-9-16)18-14(19)11-21-15(20)10-13-6-2-1-3-7-13/h1-3,6-7H,4-5,8-11H2,(H,18,19). The van der Waals surface area contributed by atoms with Crippen LogP contribution in [0.2, 0.25) is 0 Å². The Hall–Kier alpha value is -2.35. The van der Waals surface area contributed by atoms with Crippen LogP contribution in [0.15, 0.2) is 30.3 Å². The van der Waals surface area contributed by atoms with E-state index in [0.29, 0.717) is 12.8 Å². The van der Waals surface area contributed by atoms with Crippen LogP contribution in [-0.2, 0) is 20.7 Å². The van der Waals surface area contributed by atoms with Gasteiger partial charge in [0.2, 0.25) is 0 Å². The molecule has 1 fully saturated rings. The number of benzene rings is 1. The first-order valence-corrected chi connectivity index (χ1v) is 7.05. The van der Waals surface area contributed by atoms with Crippen LogP contribution in [0.5, 0.6) is 0 Å². The van der Waals surface area contributed by atoms with Gasteiger partial charge in [-0.2, -0.15) is 5.26 Å². The number of hydrogen-bond donors (Lipinski definition) is 1. The van der Waals surface area contributed by atoms with Crippen molar-refractivity contribution < 1.29 is 14.3 Å². The molecule has 0 atom stereocenters. The summed E-state index contributed by atoms with van der Waals surface area (Å²) >= 11 is 0. The number of esters is 1. The highest BCUT2D eigenvalue weighted by Crippen LogP contribution is 2.28. The van der Waals surface area contributed by atoms with Gasteiger partial charge in [0.15, 0.2) is 6.61 Å². The third-order valence-corrected chi connectivity index (χ3v) is 3.61. The molecule has 0 saturated heterocycles. The normalized spacial score (nSPS) is 16.0. The molecular weight excluding hydrogens is 268 g/mol. The topological polar surface area (TPSA) is 79.2 Å². The van der Waals surface area contributed by atoms with E-state index in [-0.39, 0.29) is 13.0 Å². The molecule has 0 bridgehead atoms. The minimum Gasteiger partial charge on any atom is -0.455 e. The third kappa shape index (κ3) is 4.32. The summed E-state index contributed by atoms with van der Waals surface area (Å²) < 4.78 is 4.95. The fourth-order valence-electron chi connectivity index (χ4n) is 2.51. The van der Waals surface area contributed by atoms with Crippen LogP contribution in [0, 0.1) is 11.3 Å². The Labute approximate surface area is 123 Å². The van der Waals surface area contributed by atoms with Crippen molar-refractivity contribution in [3.8, 4) is 6.07 Å². The van der Waals surface area contributed by atoms with Gasteiger partial charge in [-0.05, 0) is 31.2 Å². The Morgan fingerprint density at radius 2 is 1.90 bits per heavy atom. The van der Waals surface area contributed by atoms with Gasteiger partial charge in [0.05, 0.1) is 12.5 Å². The minimum atomic E-state index is -0.775. The van der Waals surface area contributed by atoms with Gasteiger partial charge in [-0.3, -0.25) is 9.59 Å². The highest BCUT2D eigenvalue weighted by Gasteiger charge is 2.35. The van der Waals surface area contributed by atoms with E-state index >= 15 is 0 Å². The van der Waals surface area contributed by atoms with Gasteiger partial charge >= 0.3 is 5.97 Å². The summed E-state index contributed by atoms with van der Waals surface area (Å²) in [5.41, 5.74) is 0.0651. The molecule has 2 rings (SSSR count). The molecule has 0 unspecified atom stereocenters. The van der Waals surface area contributed by atoms with Gasteiger partial charge in [-0.25, -0.2) is 0 Å². The number of ether oxygens (including phenoxy) is 1. The highest BCUT2D eigenvalue weighted by atomic mass is 16.5. The molecule has 1 saturated carbocycles. The van der Waals surface area contributed by atoms with Gasteiger partial charge in [0.25, 0.3) is 5.91 Å². The molecule has 1 N–H and O–H groups in total. The molecule has 1 aliphatic carbocycles. The van der Waals surface area contributed by atoms with Crippen molar-refractivity contribution in [2.45, 2.75) is 37.6 Å². The number of carbonyl (C=O) groups is 2. The van der Waals surface area contributed by atoms with Gasteiger partial charge < -0.3 is 10.1 Å². The summed E-state index contributed by atoms with van der Waals surface area (Å²) in [7, 11) is 0. The van der Waals surface area contributed by atoms with E-state index in [2.05, 4.69) is 11.4 Å². The maximum Gasteiger partial charge on any atom is 0.310 e. The van der Waals surface area contributed by atoms with Crippen LogP contribution < -0.4 is 5.32 Å². The summed E-state index contributed by atoms with van der Waals surface area (Å²) in [4.78, 5) is 23.4. The van der Waals surface area contributed by atoms with E-state index in [1.165, 1.54) is 0 Å². The Morgan fingerprint density at radius 1 is 1.24 bits per heavy atom. The Kier molecular flexibility index (Phi) is 4.94. The van der Waals surface area contributed by atoms with Crippen molar-refractivity contribution in [1.29, 1.82) is 5.26 Å². The average molecular weight is 286 g/mol. The summed E-state index contributed by atoms with van der Waals surface area (Å²) in [6, 6.07) is 11.4. The second kappa shape index (κ2) is 6.89. The molecule has 110 valence electrons. The first-order chi connectivity index (χ1) is 10.1. The van der Waals surface area contributed by atoms with Crippen molar-refractivity contribution >= 4 is 11.9 Å². The van der Waals surface area contributed by atoms with Crippen LogP contribution >= 0.6 is 0 Å². The molecule has 1 aliphatic rings. The molecular formula is C16H18N2O3. The van der Waals surface area contributed by atoms with E-state index in [1.54, 1.807) is 0 Å². The fourth-order valence-corrected chi connectivity index (χ4v) is 2.51. The maximum atomic E-state index is 11.8. The summed E-state index contributed by atoms with van der Waals surface area (Å²) in [6.45, 7) is -0.338. The quantitative estimate of drug-likeness (QED) is 0.836. The predicted octanol–water partition coefficient (Wildman–Crippen LogP) is 1.72. The van der Waals surface area contributed by atoms with E-state index in [4.69, 9.17) is 10.00 Å². The van der Waals surface area contributed by atoms with Crippen LogP contribution in [0.4, 0.5) is 0 Å². The first-order valence-electron chi connectivity index (χ1n) is 7.05. The lowest BCUT2D eigenvalue weighted by Gasteiger charge is -2.21. The third-order valence-electron chi connectivity index (χ3n) is 3.61. The molecule has 1 aromatic carbocycles. The zero-order valence-electron chi connectivity index (χ0n) is 11.8. The number of rotatable bonds is 5. The average Bonchev–Trinajstić information content (AvgIpc) is 2.95. The Bertz CT molecular complexity index is 542. The van der Waals surface area contributed by atoms with Gasteiger partial charge in [-0.1, -0.05) is 30.3 Å². The van der Waals surface area contributed by atoms with Crippen LogP contribution in [-0.4, -0.2) is 24.0 Å². The minimum absolute atomic E-state index is 0.136. The number of amides is 1. The molecule has 21 heavy (non-hydrogen) atoms. The Morgan fingerprint density at radius 3 is 2.52 bits per heavy atom. The molecule has 1 aromatic rings. The molecule has 5 nitrogen and oxygen atoms in total. The van der Waals surface area contributed by atoms with Crippen LogP contribution in [0.25, 0.3) is 0 Å². The maximum absolute atomic E-state index is 11.8. The Balaban J connectivity index is 1.76. The van der Waals surface area contributed by atoms with Gasteiger partial charge in [0.1, 0.15) is 5.54 Å². The van der Waals surface area contributed by atoms with Crippen molar-refractivity contribution in [2.75, 3.05) is 6.61 Å². The number of carbonyl (C=O) groups excluding carboxylic acids is 2. The summed E-state index contributed by atoms with van der Waals surface area (Å²) in [5, 5.41) is 11.8. The number of hydrogen-bond acceptors (Lipinski definition) is 4. The smallest absolute Gasteiger partial charge is 0.310 e. The molecule has 5 heteroatoms. The van der Waals surface area contributed by atoms with E-state index in [0.717, 1.165) is 18.4 Å². The van der Waals surface area contributed by atoms with Crippen molar-refractivity contribution in [3.63, 3.8) is 0 Å². The number of nitrogens with zero attached hydrogens (tertiary/aromatic N) is 1. The monoisotopic (exact) mass is 286 g/mol. The lowest BCUT2D eigenvalue weighted by atomic mass is 10.00. The molecule has 0 radical (unpaired) electrons. The van der Waals surface area contributed by atoms with Crippen molar-refractivity contribution in [3.05, 3.63) is 35.9 Å². The fraction of sp³-hybridized carbons (Fsp3) is 0.438. The zero-order chi connectivity index (χ0) is 15.1. The second-order valence-corrected chi connectivity index (χ2v) is 5.27. The van der Waals surface area contributed by atoms with E-state index in [9.17, 15) is 9.59 Å². The summed E-state index contributed by atoms with van der Waals surface area (Å²) in [5.74, 6) is -0.867. The zero-order valence-corrected chi connectivity index (χ0v) is 11.8. The molecule has 0 spiro atoms. The predicted molar refractivity (Wildman–Crippen MR) is 76.1 cm³/mol. The van der Waals surface area contributed by atoms with Gasteiger partial charge in [-0.15, -0.1) is 0 Å². The van der Waals surface area contributed by atoms with Crippen molar-refractivity contribution in [2.24, 2.45) is 0 Å².